The van der Waals surface area contributed by atoms with Gasteiger partial charge in [0, 0.05) is 16.7 Å². The molecule has 2 aliphatic rings. The van der Waals surface area contributed by atoms with Crippen LogP contribution in [-0.2, 0) is 5.41 Å². The lowest BCUT2D eigenvalue weighted by molar-refractivity contribution is 0.0780. The number of fused-ring (bicyclic) bond motifs is 2. The van der Waals surface area contributed by atoms with Gasteiger partial charge in [-0.15, -0.1) is 0 Å². The zero-order chi connectivity index (χ0) is 29.4. The van der Waals surface area contributed by atoms with Crippen molar-refractivity contribution < 1.29 is 0 Å². The van der Waals surface area contributed by atoms with E-state index in [2.05, 4.69) is 68.4 Å². The topological polar surface area (TPSA) is 62.5 Å². The van der Waals surface area contributed by atoms with Gasteiger partial charge in [0.2, 0.25) is 0 Å². The third-order valence-corrected chi connectivity index (χ3v) is 9.52. The van der Waals surface area contributed by atoms with Crippen molar-refractivity contribution >= 4 is 0 Å². The first-order valence-electron chi connectivity index (χ1n) is 15.5. The summed E-state index contributed by atoms with van der Waals surface area (Å²) in [6.45, 7) is 4.91. The van der Waals surface area contributed by atoms with Crippen molar-refractivity contribution in [3.05, 3.63) is 114 Å². The van der Waals surface area contributed by atoms with E-state index in [0.717, 1.165) is 34.4 Å². The maximum absolute atomic E-state index is 9.24. The molecule has 43 heavy (non-hydrogen) atoms. The highest BCUT2D eigenvalue weighted by molar-refractivity contribution is 5.71. The number of hydrogen-bond donors (Lipinski definition) is 0. The van der Waals surface area contributed by atoms with Crippen molar-refractivity contribution in [2.45, 2.75) is 51.4 Å². The number of nitriles is 1. The van der Waals surface area contributed by atoms with Crippen LogP contribution >= 0.6 is 0 Å². The third kappa shape index (κ3) is 5.48. The molecule has 2 bridgehead atoms. The summed E-state index contributed by atoms with van der Waals surface area (Å²) >= 11 is 0. The Hall–Kier alpha value is -4.62. The van der Waals surface area contributed by atoms with Crippen LogP contribution in [0.25, 0.3) is 45.3 Å². The fraction of sp³-hybridized carbons (Fsp3) is 0.282. The van der Waals surface area contributed by atoms with E-state index >= 15 is 0 Å². The fourth-order valence-electron chi connectivity index (χ4n) is 7.94. The van der Waals surface area contributed by atoms with Gasteiger partial charge in [-0.3, -0.25) is 0 Å². The van der Waals surface area contributed by atoms with E-state index in [4.69, 9.17) is 15.0 Å². The number of aromatic nitrogens is 3. The number of hydrogen-bond acceptors (Lipinski definition) is 4. The first-order valence-corrected chi connectivity index (χ1v) is 15.5. The predicted molar refractivity (Wildman–Crippen MR) is 173 cm³/mol. The molecule has 4 aromatic carbocycles. The molecule has 212 valence electrons. The van der Waals surface area contributed by atoms with E-state index in [1.165, 1.54) is 48.8 Å². The first kappa shape index (κ1) is 27.2. The van der Waals surface area contributed by atoms with Gasteiger partial charge >= 0.3 is 0 Å². The highest BCUT2D eigenvalue weighted by Crippen LogP contribution is 2.54. The van der Waals surface area contributed by atoms with Crippen molar-refractivity contribution in [3.8, 4) is 51.4 Å². The van der Waals surface area contributed by atoms with Gasteiger partial charge in [0.15, 0.2) is 17.5 Å². The Bertz CT molecular complexity index is 1770. The molecular weight excluding hydrogens is 524 g/mol. The Morgan fingerprint density at radius 3 is 1.67 bits per heavy atom. The number of rotatable bonds is 5. The van der Waals surface area contributed by atoms with Crippen LogP contribution < -0.4 is 0 Å². The molecule has 2 fully saturated rings. The lowest BCUT2D eigenvalue weighted by Gasteiger charge is -2.50. The van der Waals surface area contributed by atoms with Crippen LogP contribution in [0.3, 0.4) is 0 Å². The summed E-state index contributed by atoms with van der Waals surface area (Å²) in [6.07, 6.45) is 6.74. The molecule has 5 aromatic rings. The molecule has 4 atom stereocenters. The van der Waals surface area contributed by atoms with Crippen molar-refractivity contribution in [3.63, 3.8) is 0 Å². The Morgan fingerprint density at radius 1 is 0.581 bits per heavy atom. The average Bonchev–Trinajstić information content (AvgIpc) is 3.04. The highest BCUT2D eigenvalue weighted by Gasteiger charge is 2.45. The van der Waals surface area contributed by atoms with E-state index < -0.39 is 0 Å². The normalized spacial score (nSPS) is 23.0. The second-order valence-electron chi connectivity index (χ2n) is 13.0. The van der Waals surface area contributed by atoms with Gasteiger partial charge < -0.3 is 0 Å². The maximum Gasteiger partial charge on any atom is 0.164 e. The standard InChI is InChI=1S/C39H36N4/c1-26-19-29-20-27(2)23-39(22-26,24-29)35-10-6-9-34(21-35)30-15-17-33(18-16-30)38-42-36(31-7-4-3-5-8-31)41-37(43-38)32-13-11-28(25-40)12-14-32/h3-18,21,26-27,29H,19-20,22-24H2,1-2H3/t26-,27+,29-,39?. The molecule has 0 spiro atoms. The lowest BCUT2D eigenvalue weighted by Crippen LogP contribution is -2.42. The van der Waals surface area contributed by atoms with Crippen molar-refractivity contribution in [1.82, 2.24) is 15.0 Å². The summed E-state index contributed by atoms with van der Waals surface area (Å²) in [4.78, 5) is 14.6. The van der Waals surface area contributed by atoms with E-state index in [9.17, 15) is 5.26 Å². The summed E-state index contributed by atoms with van der Waals surface area (Å²) in [6, 6.07) is 37.5. The summed E-state index contributed by atoms with van der Waals surface area (Å²) < 4.78 is 0. The fourth-order valence-corrected chi connectivity index (χ4v) is 7.94. The minimum atomic E-state index is 0.316. The van der Waals surface area contributed by atoms with E-state index in [1.807, 2.05) is 42.5 Å². The second-order valence-corrected chi connectivity index (χ2v) is 13.0. The zero-order valence-corrected chi connectivity index (χ0v) is 24.9. The van der Waals surface area contributed by atoms with Crippen LogP contribution in [0.5, 0.6) is 0 Å². The SMILES string of the molecule is C[C@@H]1C[C@@H]2C[C@H](C)CC(c3cccc(-c4ccc(-c5nc(-c6ccccc6)nc(-c6ccc(C#N)cc6)n5)cc4)c3)(C1)C2. The Balaban J connectivity index is 1.23. The maximum atomic E-state index is 9.24. The first-order chi connectivity index (χ1) is 21.0. The molecule has 2 aliphatic carbocycles. The smallest absolute Gasteiger partial charge is 0.164 e. The Labute approximate surface area is 254 Å². The number of nitrogens with zero attached hydrogens (tertiary/aromatic N) is 4. The molecule has 7 rings (SSSR count). The monoisotopic (exact) mass is 560 g/mol. The molecule has 0 N–H and O–H groups in total. The summed E-state index contributed by atoms with van der Waals surface area (Å²) in [7, 11) is 0. The quantitative estimate of drug-likeness (QED) is 0.215. The van der Waals surface area contributed by atoms with Crippen LogP contribution in [0.15, 0.2) is 103 Å². The molecule has 1 heterocycles. The average molecular weight is 561 g/mol. The zero-order valence-electron chi connectivity index (χ0n) is 24.9. The van der Waals surface area contributed by atoms with Crippen LogP contribution in [0.2, 0.25) is 0 Å². The van der Waals surface area contributed by atoms with Crippen LogP contribution in [0.4, 0.5) is 0 Å². The van der Waals surface area contributed by atoms with Gasteiger partial charge in [-0.25, -0.2) is 15.0 Å². The van der Waals surface area contributed by atoms with E-state index in [0.29, 0.717) is 28.5 Å². The van der Waals surface area contributed by atoms with Crippen molar-refractivity contribution in [2.75, 3.05) is 0 Å². The van der Waals surface area contributed by atoms with E-state index in [1.54, 1.807) is 12.1 Å². The molecule has 0 saturated heterocycles. The van der Waals surface area contributed by atoms with E-state index in [-0.39, 0.29) is 0 Å². The minimum Gasteiger partial charge on any atom is -0.208 e. The van der Waals surface area contributed by atoms with Gasteiger partial charge in [-0.05, 0) is 96.2 Å². The van der Waals surface area contributed by atoms with Crippen LogP contribution in [-0.4, -0.2) is 15.0 Å². The molecule has 2 saturated carbocycles. The molecular formula is C39H36N4. The minimum absolute atomic E-state index is 0.316. The predicted octanol–water partition coefficient (Wildman–Crippen LogP) is 9.52. The molecule has 4 nitrogen and oxygen atoms in total. The van der Waals surface area contributed by atoms with Crippen molar-refractivity contribution in [1.29, 1.82) is 5.26 Å². The molecule has 0 aliphatic heterocycles. The molecule has 4 heteroatoms. The molecule has 1 unspecified atom stereocenters. The molecule has 0 amide bonds. The van der Waals surface area contributed by atoms with Crippen LogP contribution in [0.1, 0.15) is 57.1 Å². The highest BCUT2D eigenvalue weighted by atomic mass is 15.0. The van der Waals surface area contributed by atoms with Gasteiger partial charge in [0.1, 0.15) is 0 Å². The third-order valence-electron chi connectivity index (χ3n) is 9.52. The molecule has 1 aromatic heterocycles. The van der Waals surface area contributed by atoms with Gasteiger partial charge in [0.05, 0.1) is 11.6 Å². The molecule has 0 radical (unpaired) electrons. The van der Waals surface area contributed by atoms with Gasteiger partial charge in [0.25, 0.3) is 0 Å². The summed E-state index contributed by atoms with van der Waals surface area (Å²) in [5, 5.41) is 9.24. The van der Waals surface area contributed by atoms with Crippen LogP contribution in [0, 0.1) is 29.1 Å². The second kappa shape index (κ2) is 11.2. The van der Waals surface area contributed by atoms with Crippen molar-refractivity contribution in [2.24, 2.45) is 17.8 Å². The number of benzene rings is 4. The largest absolute Gasteiger partial charge is 0.208 e. The van der Waals surface area contributed by atoms with Gasteiger partial charge in [-0.1, -0.05) is 92.7 Å². The lowest BCUT2D eigenvalue weighted by atomic mass is 9.54. The Kier molecular flexibility index (Phi) is 7.11. The summed E-state index contributed by atoms with van der Waals surface area (Å²) in [5.74, 6) is 4.31. The Morgan fingerprint density at radius 2 is 1.09 bits per heavy atom. The van der Waals surface area contributed by atoms with Gasteiger partial charge in [-0.2, -0.15) is 5.26 Å². The summed E-state index contributed by atoms with van der Waals surface area (Å²) in [5.41, 5.74) is 7.65.